The Kier molecular flexibility index (Phi) is 3.95. The molecule has 1 N–H and O–H groups in total. The van der Waals surface area contributed by atoms with Crippen LogP contribution in [0.3, 0.4) is 0 Å². The molecule has 0 saturated heterocycles. The largest absolute Gasteiger partial charge is 0.392 e. The van der Waals surface area contributed by atoms with E-state index in [1.165, 1.54) is 21.2 Å². The zero-order chi connectivity index (χ0) is 14.1. The van der Waals surface area contributed by atoms with Crippen LogP contribution in [0.15, 0.2) is 41.3 Å². The summed E-state index contributed by atoms with van der Waals surface area (Å²) in [6, 6.07) is 8.49. The maximum atomic E-state index is 10.6. The van der Waals surface area contributed by atoms with Crippen LogP contribution in [0.2, 0.25) is 0 Å². The Hall–Kier alpha value is -1.12. The summed E-state index contributed by atoms with van der Waals surface area (Å²) in [7, 11) is 0. The predicted molar refractivity (Wildman–Crippen MR) is 87.2 cm³/mol. The van der Waals surface area contributed by atoms with Crippen LogP contribution >= 0.6 is 11.3 Å². The second kappa shape index (κ2) is 5.71. The van der Waals surface area contributed by atoms with E-state index in [0.29, 0.717) is 11.8 Å². The number of allylic oxidation sites excluding steroid dienone is 2. The lowest BCUT2D eigenvalue weighted by Gasteiger charge is -2.29. The lowest BCUT2D eigenvalue weighted by Crippen LogP contribution is -2.27. The number of benzene rings is 1. The highest BCUT2D eigenvalue weighted by Crippen LogP contribution is 2.33. The molecule has 2 heteroatoms. The predicted octanol–water partition coefficient (Wildman–Crippen LogP) is 4.80. The van der Waals surface area contributed by atoms with Gasteiger partial charge in [0.1, 0.15) is 0 Å². The van der Waals surface area contributed by atoms with Gasteiger partial charge < -0.3 is 5.11 Å². The molecule has 106 valence electrons. The van der Waals surface area contributed by atoms with Crippen LogP contribution in [-0.4, -0.2) is 11.2 Å². The zero-order valence-electron chi connectivity index (χ0n) is 12.2. The average molecular weight is 286 g/mol. The van der Waals surface area contributed by atoms with Crippen molar-refractivity contribution in [3.63, 3.8) is 0 Å². The van der Waals surface area contributed by atoms with Crippen molar-refractivity contribution in [2.45, 2.75) is 39.2 Å². The van der Waals surface area contributed by atoms with Crippen molar-refractivity contribution >= 4 is 21.4 Å². The maximum absolute atomic E-state index is 10.6. The third kappa shape index (κ3) is 2.82. The van der Waals surface area contributed by atoms with Gasteiger partial charge in [0.2, 0.25) is 0 Å². The Morgan fingerprint density at radius 3 is 2.95 bits per heavy atom. The lowest BCUT2D eigenvalue weighted by molar-refractivity contribution is 0.0936. The Morgan fingerprint density at radius 1 is 1.35 bits per heavy atom. The molecule has 1 aliphatic carbocycles. The first kappa shape index (κ1) is 13.8. The highest BCUT2D eigenvalue weighted by atomic mass is 32.1. The summed E-state index contributed by atoms with van der Waals surface area (Å²) in [6.07, 6.45) is 5.07. The number of thiophene rings is 1. The van der Waals surface area contributed by atoms with Gasteiger partial charge in [-0.15, -0.1) is 11.3 Å². The Bertz CT molecular complexity index is 625. The molecule has 0 radical (unpaired) electrons. The number of hydrogen-bond acceptors (Lipinski definition) is 2. The molecule has 1 aliphatic rings. The zero-order valence-corrected chi connectivity index (χ0v) is 13.0. The smallest absolute Gasteiger partial charge is 0.0612 e. The molecule has 1 aromatic heterocycles. The molecule has 0 fully saturated rings. The SMILES string of the molecule is CC1=CC(C)CC(C(O)Cc2csc3ccccc23)C1. The summed E-state index contributed by atoms with van der Waals surface area (Å²) >= 11 is 1.78. The van der Waals surface area contributed by atoms with E-state index in [0.717, 1.165) is 19.3 Å². The topological polar surface area (TPSA) is 20.2 Å². The second-order valence-electron chi connectivity index (χ2n) is 6.22. The van der Waals surface area contributed by atoms with E-state index in [9.17, 15) is 5.11 Å². The third-order valence-corrected chi connectivity index (χ3v) is 5.37. The van der Waals surface area contributed by atoms with Gasteiger partial charge in [0.15, 0.2) is 0 Å². The molecule has 3 rings (SSSR count). The minimum absolute atomic E-state index is 0.223. The van der Waals surface area contributed by atoms with Crippen LogP contribution < -0.4 is 0 Å². The Morgan fingerprint density at radius 2 is 2.15 bits per heavy atom. The number of hydrogen-bond donors (Lipinski definition) is 1. The molecule has 1 heterocycles. The summed E-state index contributed by atoms with van der Waals surface area (Å²) in [5.74, 6) is 1.01. The van der Waals surface area contributed by atoms with Gasteiger partial charge in [-0.3, -0.25) is 0 Å². The number of rotatable bonds is 3. The van der Waals surface area contributed by atoms with Crippen LogP contribution in [0.5, 0.6) is 0 Å². The van der Waals surface area contributed by atoms with Crippen LogP contribution in [0.25, 0.3) is 10.1 Å². The third-order valence-electron chi connectivity index (χ3n) is 4.36. The molecule has 3 atom stereocenters. The monoisotopic (exact) mass is 286 g/mol. The molecule has 1 aromatic carbocycles. The van der Waals surface area contributed by atoms with Gasteiger partial charge >= 0.3 is 0 Å². The van der Waals surface area contributed by atoms with Crippen LogP contribution in [0.4, 0.5) is 0 Å². The molecule has 0 spiro atoms. The molecule has 2 aromatic rings. The van der Waals surface area contributed by atoms with Crippen LogP contribution in [0, 0.1) is 11.8 Å². The summed E-state index contributed by atoms with van der Waals surface area (Å²) in [4.78, 5) is 0. The van der Waals surface area contributed by atoms with Gasteiger partial charge in [0.25, 0.3) is 0 Å². The van der Waals surface area contributed by atoms with Crippen molar-refractivity contribution in [2.24, 2.45) is 11.8 Å². The van der Waals surface area contributed by atoms with E-state index in [1.807, 2.05) is 0 Å². The van der Waals surface area contributed by atoms with Crippen molar-refractivity contribution in [1.82, 2.24) is 0 Å². The molecule has 20 heavy (non-hydrogen) atoms. The van der Waals surface area contributed by atoms with Crippen molar-refractivity contribution < 1.29 is 5.11 Å². The number of aliphatic hydroxyl groups is 1. The molecule has 0 saturated carbocycles. The standard InChI is InChI=1S/C18H22OS/c1-12-7-13(2)9-14(8-12)17(19)10-15-11-20-18-6-4-3-5-16(15)18/h3-7,11-12,14,17,19H,8-10H2,1-2H3. The molecule has 0 aliphatic heterocycles. The normalized spacial score (nSPS) is 24.6. The molecular formula is C18H22OS. The molecule has 0 bridgehead atoms. The van der Waals surface area contributed by atoms with Gasteiger partial charge in [0.05, 0.1) is 6.10 Å². The van der Waals surface area contributed by atoms with Crippen LogP contribution in [0.1, 0.15) is 32.3 Å². The quantitative estimate of drug-likeness (QED) is 0.804. The van der Waals surface area contributed by atoms with Crippen molar-refractivity contribution in [1.29, 1.82) is 0 Å². The van der Waals surface area contributed by atoms with Gasteiger partial charge in [0, 0.05) is 11.1 Å². The number of aliphatic hydroxyl groups excluding tert-OH is 1. The highest BCUT2D eigenvalue weighted by Gasteiger charge is 2.25. The van der Waals surface area contributed by atoms with Crippen LogP contribution in [-0.2, 0) is 6.42 Å². The van der Waals surface area contributed by atoms with Gasteiger partial charge in [-0.2, -0.15) is 0 Å². The first-order valence-corrected chi connectivity index (χ1v) is 8.32. The van der Waals surface area contributed by atoms with Crippen molar-refractivity contribution in [3.8, 4) is 0 Å². The van der Waals surface area contributed by atoms with E-state index in [1.54, 1.807) is 11.3 Å². The summed E-state index contributed by atoms with van der Waals surface area (Å²) in [5, 5.41) is 14.1. The highest BCUT2D eigenvalue weighted by molar-refractivity contribution is 7.17. The first-order chi connectivity index (χ1) is 9.63. The lowest BCUT2D eigenvalue weighted by atomic mass is 9.79. The van der Waals surface area contributed by atoms with Crippen molar-refractivity contribution in [2.75, 3.05) is 0 Å². The van der Waals surface area contributed by atoms with Crippen molar-refractivity contribution in [3.05, 3.63) is 46.9 Å². The second-order valence-corrected chi connectivity index (χ2v) is 7.13. The summed E-state index contributed by atoms with van der Waals surface area (Å²) < 4.78 is 1.32. The molecule has 1 nitrogen and oxygen atoms in total. The fraction of sp³-hybridized carbons (Fsp3) is 0.444. The fourth-order valence-corrected chi connectivity index (χ4v) is 4.45. The van der Waals surface area contributed by atoms with E-state index in [4.69, 9.17) is 0 Å². The van der Waals surface area contributed by atoms with E-state index in [2.05, 4.69) is 49.6 Å². The Balaban J connectivity index is 1.76. The maximum Gasteiger partial charge on any atom is 0.0612 e. The Labute approximate surface area is 125 Å². The minimum atomic E-state index is -0.223. The molecular weight excluding hydrogens is 264 g/mol. The molecule has 0 amide bonds. The van der Waals surface area contributed by atoms with E-state index < -0.39 is 0 Å². The summed E-state index contributed by atoms with van der Waals surface area (Å²) in [6.45, 7) is 4.44. The average Bonchev–Trinajstić information content (AvgIpc) is 2.81. The van der Waals surface area contributed by atoms with E-state index in [-0.39, 0.29) is 6.10 Å². The van der Waals surface area contributed by atoms with Gasteiger partial charge in [-0.25, -0.2) is 0 Å². The summed E-state index contributed by atoms with van der Waals surface area (Å²) in [5.41, 5.74) is 2.74. The van der Waals surface area contributed by atoms with Gasteiger partial charge in [-0.05, 0) is 54.0 Å². The van der Waals surface area contributed by atoms with E-state index >= 15 is 0 Å². The molecule has 3 unspecified atom stereocenters. The minimum Gasteiger partial charge on any atom is -0.392 e. The van der Waals surface area contributed by atoms with Gasteiger partial charge in [-0.1, -0.05) is 36.8 Å². The fourth-order valence-electron chi connectivity index (χ4n) is 3.47. The first-order valence-electron chi connectivity index (χ1n) is 7.44. The number of fused-ring (bicyclic) bond motifs is 1.